The second kappa shape index (κ2) is 14.2. The van der Waals surface area contributed by atoms with Gasteiger partial charge in [0.1, 0.15) is 37.4 Å². The van der Waals surface area contributed by atoms with Crippen LogP contribution >= 0.6 is 30.6 Å². The van der Waals surface area contributed by atoms with E-state index in [1.165, 1.54) is 46.4 Å². The summed E-state index contributed by atoms with van der Waals surface area (Å²) in [6.45, 7) is 9.53. The quantitative estimate of drug-likeness (QED) is 0.0962. The first-order chi connectivity index (χ1) is 29.5. The Morgan fingerprint density at radius 2 is 1.37 bits per heavy atom. The Labute approximate surface area is 366 Å². The van der Waals surface area contributed by atoms with Crippen molar-refractivity contribution in [3.8, 4) is 38.1 Å². The van der Waals surface area contributed by atoms with Crippen LogP contribution in [0.25, 0.3) is 46.6 Å². The Morgan fingerprint density at radius 1 is 0.742 bits per heavy atom. The van der Waals surface area contributed by atoms with Crippen LogP contribution in [0.1, 0.15) is 49.9 Å². The fraction of sp³-hybridized carbons (Fsp3) is 0.224. The van der Waals surface area contributed by atoms with Crippen molar-refractivity contribution >= 4 is 85.2 Å². The number of carbonyl (C=O) groups is 3. The molecule has 5 heterocycles. The number of rotatable bonds is 9. The first-order valence-corrected chi connectivity index (χ1v) is 23.6. The third-order valence-electron chi connectivity index (χ3n) is 12.9. The number of carboxylic acid groups (broad SMARTS) is 3. The van der Waals surface area contributed by atoms with Crippen LogP contribution in [0.2, 0.25) is 0 Å². The van der Waals surface area contributed by atoms with Crippen LogP contribution in [0.4, 0.5) is 5.69 Å². The second-order valence-electron chi connectivity index (χ2n) is 17.1. The molecular formula is C49H42N2O8PS2+. The van der Waals surface area contributed by atoms with E-state index >= 15 is 0 Å². The standard InChI is InChI=1S/C49H41N2O8PS2/c1-48(2)44-26-11-7-9-13-38(26)61-46(44)28-18-29-34(20-33(28)50(48)5)59-35-21-37-31(47-45(49(3,4)60(37)6)27-12-8-10-14-39(27)62-47)19-30(35)43(29)25-15-16-32(36(17-25)58-24-42(56)57)51(22-40(52)53)23-41(54)55/h7-21H,22-24H2,1-6H3,(H2-,52,53,54,55,56,57)/p+1. The summed E-state index contributed by atoms with van der Waals surface area (Å²) in [5.41, 5.74) is 6.94. The van der Waals surface area contributed by atoms with Crippen LogP contribution < -0.4 is 34.8 Å². The highest BCUT2D eigenvalue weighted by Gasteiger charge is 2.43. The lowest BCUT2D eigenvalue weighted by molar-refractivity contribution is -0.140. The number of hydrogen-bond donors (Lipinski definition) is 3. The molecule has 2 aromatic heterocycles. The predicted octanol–water partition coefficient (Wildman–Crippen LogP) is 8.60. The average Bonchev–Trinajstić information content (AvgIpc) is 3.83. The van der Waals surface area contributed by atoms with E-state index in [4.69, 9.17) is 9.47 Å². The smallest absolute Gasteiger partial charge is 0.341 e. The zero-order valence-electron chi connectivity index (χ0n) is 34.8. The van der Waals surface area contributed by atoms with Gasteiger partial charge >= 0.3 is 17.9 Å². The van der Waals surface area contributed by atoms with Crippen molar-refractivity contribution in [2.24, 2.45) is 0 Å². The van der Waals surface area contributed by atoms with E-state index in [0.717, 1.165) is 37.7 Å². The van der Waals surface area contributed by atoms with Crippen molar-refractivity contribution in [1.29, 1.82) is 0 Å². The lowest BCUT2D eigenvalue weighted by Crippen LogP contribution is -2.46. The van der Waals surface area contributed by atoms with E-state index in [0.29, 0.717) is 17.1 Å². The summed E-state index contributed by atoms with van der Waals surface area (Å²) >= 11 is 3.57. The zero-order valence-corrected chi connectivity index (χ0v) is 37.4. The van der Waals surface area contributed by atoms with E-state index in [1.54, 1.807) is 34.8 Å². The van der Waals surface area contributed by atoms with Crippen molar-refractivity contribution in [2.75, 3.05) is 38.3 Å². The van der Waals surface area contributed by atoms with Crippen LogP contribution in [0, 0.1) is 0 Å². The third kappa shape index (κ3) is 6.06. The SMILES string of the molecule is C[N+]1=c2cc3c(cc2-c2sc4ccccc4c2C1(C)C)=C(c1ccc(N(CC(=O)O)CC(=O)O)c(OCC(=O)O)c1)c1cc2c(cc1O3)P(C)C(C)(C)c1c-2sc2ccccc12. The monoisotopic (exact) mass is 881 g/mol. The lowest BCUT2D eigenvalue weighted by atomic mass is 9.85. The molecule has 0 saturated heterocycles. The molecule has 1 atom stereocenters. The molecule has 10 rings (SSSR count). The van der Waals surface area contributed by atoms with Gasteiger partial charge in [-0.3, -0.25) is 9.59 Å². The van der Waals surface area contributed by atoms with Gasteiger partial charge in [-0.15, -0.1) is 22.7 Å². The number of carboxylic acids is 3. The molecule has 5 aromatic carbocycles. The molecule has 0 aliphatic carbocycles. The third-order valence-corrected chi connectivity index (χ3v) is 18.3. The second-order valence-corrected chi connectivity index (χ2v) is 21.9. The number of nitrogens with zero attached hydrogens (tertiary/aromatic N) is 2. The van der Waals surface area contributed by atoms with Gasteiger partial charge in [0.2, 0.25) is 5.36 Å². The summed E-state index contributed by atoms with van der Waals surface area (Å²) < 4.78 is 17.7. The minimum Gasteiger partial charge on any atom is -0.480 e. The van der Waals surface area contributed by atoms with E-state index in [2.05, 4.69) is 119 Å². The van der Waals surface area contributed by atoms with E-state index in [9.17, 15) is 29.7 Å². The number of hydrogen-bond acceptors (Lipinski definition) is 8. The number of benzene rings is 5. The van der Waals surface area contributed by atoms with Gasteiger partial charge < -0.3 is 29.7 Å². The highest BCUT2D eigenvalue weighted by molar-refractivity contribution is 7.66. The molecule has 0 bridgehead atoms. The molecule has 0 radical (unpaired) electrons. The van der Waals surface area contributed by atoms with Gasteiger partial charge in [0.05, 0.1) is 22.2 Å². The summed E-state index contributed by atoms with van der Waals surface area (Å²) in [5, 5.41) is 34.8. The first kappa shape index (κ1) is 40.0. The van der Waals surface area contributed by atoms with Crippen molar-refractivity contribution in [2.45, 2.75) is 38.4 Å². The Bertz CT molecular complexity index is 3260. The Kier molecular flexibility index (Phi) is 9.19. The van der Waals surface area contributed by atoms with Gasteiger partial charge in [-0.25, -0.2) is 9.37 Å². The van der Waals surface area contributed by atoms with Crippen LogP contribution in [0.3, 0.4) is 0 Å². The minimum absolute atomic E-state index is 0.0457. The molecule has 1 unspecified atom stereocenters. The van der Waals surface area contributed by atoms with Gasteiger partial charge in [-0.05, 0) is 70.9 Å². The molecule has 62 heavy (non-hydrogen) atoms. The van der Waals surface area contributed by atoms with Crippen LogP contribution in [-0.2, 0) is 25.1 Å². The molecule has 312 valence electrons. The molecule has 0 fully saturated rings. The van der Waals surface area contributed by atoms with E-state index < -0.39 is 45.5 Å². The molecule has 10 nitrogen and oxygen atoms in total. The summed E-state index contributed by atoms with van der Waals surface area (Å²) in [6, 6.07) is 31.0. The van der Waals surface area contributed by atoms with E-state index in [1.807, 2.05) is 6.07 Å². The number of thiophene rings is 2. The Balaban J connectivity index is 1.30. The van der Waals surface area contributed by atoms with Gasteiger partial charge in [0.25, 0.3) is 0 Å². The maximum atomic E-state index is 12.0. The minimum atomic E-state index is -1.25. The van der Waals surface area contributed by atoms with Gasteiger partial charge in [0.15, 0.2) is 12.1 Å². The molecule has 0 amide bonds. The van der Waals surface area contributed by atoms with Gasteiger partial charge in [-0.1, -0.05) is 64.2 Å². The highest BCUT2D eigenvalue weighted by Crippen LogP contribution is 2.63. The molecule has 13 heteroatoms. The zero-order chi connectivity index (χ0) is 43.6. The Hall–Kier alpha value is -6.07. The van der Waals surface area contributed by atoms with Gasteiger partial charge in [-0.2, -0.15) is 0 Å². The summed E-state index contributed by atoms with van der Waals surface area (Å²) in [5.74, 6) is -2.33. The summed E-state index contributed by atoms with van der Waals surface area (Å²) in [4.78, 5) is 39.5. The molecule has 0 spiro atoms. The molecule has 3 aliphatic heterocycles. The number of anilines is 1. The number of aliphatic carboxylic acids is 3. The fourth-order valence-corrected chi connectivity index (χ4v) is 14.5. The van der Waals surface area contributed by atoms with Crippen LogP contribution in [0.15, 0.2) is 91.0 Å². The summed E-state index contributed by atoms with van der Waals surface area (Å²) in [7, 11) is 1.41. The molecule has 7 aromatic rings. The normalized spacial score (nSPS) is 16.3. The highest BCUT2D eigenvalue weighted by atomic mass is 32.1. The topological polar surface area (TPSA) is 137 Å². The van der Waals surface area contributed by atoms with Crippen molar-refractivity contribution in [1.82, 2.24) is 4.58 Å². The Morgan fingerprint density at radius 3 is 2.02 bits per heavy atom. The molecule has 3 N–H and O–H groups in total. The molecule has 0 saturated carbocycles. The number of ether oxygens (including phenoxy) is 2. The van der Waals surface area contributed by atoms with Crippen LogP contribution in [-0.4, -0.2) is 66.6 Å². The van der Waals surface area contributed by atoms with Crippen molar-refractivity contribution < 1.29 is 39.2 Å². The maximum Gasteiger partial charge on any atom is 0.341 e. The lowest BCUT2D eigenvalue weighted by Gasteiger charge is -2.39. The predicted molar refractivity (Wildman–Crippen MR) is 248 cm³/mol. The van der Waals surface area contributed by atoms with Crippen molar-refractivity contribution in [3.63, 3.8) is 0 Å². The molecule has 3 aliphatic rings. The van der Waals surface area contributed by atoms with Crippen LogP contribution in [0.5, 0.6) is 17.2 Å². The maximum absolute atomic E-state index is 12.0. The van der Waals surface area contributed by atoms with Gasteiger partial charge in [0, 0.05) is 66.1 Å². The largest absolute Gasteiger partial charge is 0.480 e. The number of fused-ring (bicyclic) bond motifs is 12. The molecular weight excluding hydrogens is 840 g/mol. The fourth-order valence-electron chi connectivity index (χ4n) is 9.55. The summed E-state index contributed by atoms with van der Waals surface area (Å²) in [6.07, 6.45) is 0. The first-order valence-electron chi connectivity index (χ1n) is 20.2. The van der Waals surface area contributed by atoms with E-state index in [-0.39, 0.29) is 22.1 Å². The van der Waals surface area contributed by atoms with Crippen molar-refractivity contribution in [3.05, 3.63) is 124 Å². The average molecular weight is 882 g/mol.